The standard InChI is InChI=1S/C29H32N4O2/c1-29(2)19-21(14-18-35-29)28(34)32-16-12-22(13-17-32)33-26(31-25-11-6-15-30-27(25)33)24-10-5-8-20-7-3-4-9-23(20)24/h3-11,15,21-22H,12-14,16-19H2,1-2H3. The number of benzene rings is 2. The van der Waals surface area contributed by atoms with E-state index < -0.39 is 0 Å². The number of piperidine rings is 1. The van der Waals surface area contributed by atoms with Crippen LogP contribution in [0.5, 0.6) is 0 Å². The maximum Gasteiger partial charge on any atom is 0.225 e. The van der Waals surface area contributed by atoms with Crippen LogP contribution >= 0.6 is 0 Å². The molecule has 0 radical (unpaired) electrons. The fourth-order valence-electron chi connectivity index (χ4n) is 5.93. The van der Waals surface area contributed by atoms with Gasteiger partial charge in [0.2, 0.25) is 5.91 Å². The molecule has 0 spiro atoms. The summed E-state index contributed by atoms with van der Waals surface area (Å²) < 4.78 is 8.17. The van der Waals surface area contributed by atoms with Gasteiger partial charge in [-0.25, -0.2) is 9.97 Å². The van der Waals surface area contributed by atoms with Gasteiger partial charge in [-0.1, -0.05) is 42.5 Å². The number of ether oxygens (including phenoxy) is 1. The number of fused-ring (bicyclic) bond motifs is 2. The summed E-state index contributed by atoms with van der Waals surface area (Å²) in [7, 11) is 0. The van der Waals surface area contributed by atoms with Crippen LogP contribution in [0.3, 0.4) is 0 Å². The molecule has 6 nitrogen and oxygen atoms in total. The Morgan fingerprint density at radius 2 is 1.80 bits per heavy atom. The second-order valence-electron chi connectivity index (χ2n) is 10.5. The maximum atomic E-state index is 13.3. The molecular formula is C29H32N4O2. The molecule has 2 aliphatic heterocycles. The highest BCUT2D eigenvalue weighted by molar-refractivity contribution is 5.96. The highest BCUT2D eigenvalue weighted by Gasteiger charge is 2.36. The molecule has 2 saturated heterocycles. The van der Waals surface area contributed by atoms with Crippen LogP contribution in [-0.4, -0.2) is 50.6 Å². The number of carbonyl (C=O) groups excluding carboxylic acids is 1. The first-order valence-electron chi connectivity index (χ1n) is 12.7. The van der Waals surface area contributed by atoms with Crippen LogP contribution in [0.15, 0.2) is 60.8 Å². The van der Waals surface area contributed by atoms with Crippen LogP contribution in [0.1, 0.15) is 45.6 Å². The molecule has 4 heterocycles. The van der Waals surface area contributed by atoms with Gasteiger partial charge in [-0.15, -0.1) is 0 Å². The lowest BCUT2D eigenvalue weighted by atomic mass is 9.87. The van der Waals surface area contributed by atoms with Gasteiger partial charge >= 0.3 is 0 Å². The minimum atomic E-state index is -0.217. The van der Waals surface area contributed by atoms with Gasteiger partial charge in [-0.05, 0) is 62.4 Å². The smallest absolute Gasteiger partial charge is 0.225 e. The van der Waals surface area contributed by atoms with Gasteiger partial charge in [-0.2, -0.15) is 0 Å². The van der Waals surface area contributed by atoms with Crippen molar-refractivity contribution >= 4 is 27.8 Å². The van der Waals surface area contributed by atoms with E-state index in [1.165, 1.54) is 10.8 Å². The van der Waals surface area contributed by atoms with Crippen LogP contribution in [0, 0.1) is 5.92 Å². The molecule has 2 aliphatic rings. The fourth-order valence-corrected chi connectivity index (χ4v) is 5.93. The minimum absolute atomic E-state index is 0.0669. The van der Waals surface area contributed by atoms with Crippen LogP contribution in [0.4, 0.5) is 0 Å². The summed E-state index contributed by atoms with van der Waals surface area (Å²) in [4.78, 5) is 25.2. The van der Waals surface area contributed by atoms with Gasteiger partial charge in [-0.3, -0.25) is 4.79 Å². The van der Waals surface area contributed by atoms with E-state index in [4.69, 9.17) is 14.7 Å². The number of hydrogen-bond acceptors (Lipinski definition) is 4. The monoisotopic (exact) mass is 468 g/mol. The van der Waals surface area contributed by atoms with Gasteiger partial charge in [0.15, 0.2) is 5.65 Å². The topological polar surface area (TPSA) is 60.2 Å². The molecule has 1 amide bonds. The van der Waals surface area contributed by atoms with Crippen LogP contribution in [0.25, 0.3) is 33.3 Å². The first-order chi connectivity index (χ1) is 17.0. The summed E-state index contributed by atoms with van der Waals surface area (Å²) in [5, 5.41) is 2.40. The molecule has 0 aliphatic carbocycles. The molecule has 6 rings (SSSR count). The number of amides is 1. The average molecular weight is 469 g/mol. The third-order valence-corrected chi connectivity index (χ3v) is 7.67. The summed E-state index contributed by atoms with van der Waals surface area (Å²) in [6, 6.07) is 19.1. The van der Waals surface area contributed by atoms with Gasteiger partial charge in [0.25, 0.3) is 0 Å². The van der Waals surface area contributed by atoms with Crippen molar-refractivity contribution in [2.24, 2.45) is 5.92 Å². The second kappa shape index (κ2) is 8.76. The lowest BCUT2D eigenvalue weighted by Gasteiger charge is -2.39. The normalized spacial score (nSPS) is 21.0. The summed E-state index contributed by atoms with van der Waals surface area (Å²) in [5.74, 6) is 1.33. The first-order valence-corrected chi connectivity index (χ1v) is 12.7. The highest BCUT2D eigenvalue weighted by atomic mass is 16.5. The number of carbonyl (C=O) groups is 1. The average Bonchev–Trinajstić information content (AvgIpc) is 3.27. The zero-order valence-electron chi connectivity index (χ0n) is 20.5. The van der Waals surface area contributed by atoms with Gasteiger partial charge in [0.1, 0.15) is 11.3 Å². The molecule has 0 saturated carbocycles. The van der Waals surface area contributed by atoms with Crippen molar-refractivity contribution in [2.75, 3.05) is 19.7 Å². The summed E-state index contributed by atoms with van der Waals surface area (Å²) in [6.07, 6.45) is 5.27. The Morgan fingerprint density at radius 1 is 1.00 bits per heavy atom. The van der Waals surface area contributed by atoms with Gasteiger partial charge in [0.05, 0.1) is 5.60 Å². The molecule has 2 aromatic carbocycles. The van der Waals surface area contributed by atoms with E-state index in [0.29, 0.717) is 12.5 Å². The molecule has 2 fully saturated rings. The second-order valence-corrected chi connectivity index (χ2v) is 10.5. The van der Waals surface area contributed by atoms with Gasteiger partial charge in [0, 0.05) is 43.4 Å². The molecular weight excluding hydrogens is 436 g/mol. The molecule has 1 unspecified atom stereocenters. The predicted octanol–water partition coefficient (Wildman–Crippen LogP) is 5.62. The zero-order chi connectivity index (χ0) is 24.0. The Balaban J connectivity index is 1.31. The third kappa shape index (κ3) is 4.10. The van der Waals surface area contributed by atoms with Crippen molar-refractivity contribution < 1.29 is 9.53 Å². The molecule has 6 heteroatoms. The molecule has 2 aromatic heterocycles. The number of likely N-dealkylation sites (tertiary alicyclic amines) is 1. The van der Waals surface area contributed by atoms with Crippen molar-refractivity contribution in [1.29, 1.82) is 0 Å². The van der Waals surface area contributed by atoms with Crippen LogP contribution < -0.4 is 0 Å². The zero-order valence-corrected chi connectivity index (χ0v) is 20.5. The number of rotatable bonds is 3. The van der Waals surface area contributed by atoms with Crippen molar-refractivity contribution in [3.63, 3.8) is 0 Å². The largest absolute Gasteiger partial charge is 0.376 e. The molecule has 0 bridgehead atoms. The van der Waals surface area contributed by atoms with Crippen LogP contribution in [-0.2, 0) is 9.53 Å². The fraction of sp³-hybridized carbons (Fsp3) is 0.414. The van der Waals surface area contributed by atoms with E-state index in [2.05, 4.69) is 65.8 Å². The molecule has 4 aromatic rings. The predicted molar refractivity (Wildman–Crippen MR) is 138 cm³/mol. The number of imidazole rings is 1. The van der Waals surface area contributed by atoms with Crippen LogP contribution in [0.2, 0.25) is 0 Å². The van der Waals surface area contributed by atoms with E-state index in [1.807, 2.05) is 18.3 Å². The Morgan fingerprint density at radius 3 is 2.63 bits per heavy atom. The van der Waals surface area contributed by atoms with Gasteiger partial charge < -0.3 is 14.2 Å². The van der Waals surface area contributed by atoms with Crippen molar-refractivity contribution in [3.05, 3.63) is 60.8 Å². The number of nitrogens with zero attached hydrogens (tertiary/aromatic N) is 4. The highest BCUT2D eigenvalue weighted by Crippen LogP contribution is 2.36. The van der Waals surface area contributed by atoms with E-state index >= 15 is 0 Å². The van der Waals surface area contributed by atoms with E-state index in [1.54, 1.807) is 0 Å². The van der Waals surface area contributed by atoms with E-state index in [-0.39, 0.29) is 17.6 Å². The van der Waals surface area contributed by atoms with Crippen molar-refractivity contribution in [1.82, 2.24) is 19.4 Å². The SMILES string of the molecule is CC1(C)CC(C(=O)N2CCC(n3c(-c4cccc5ccccc45)nc4cccnc43)CC2)CCO1. The minimum Gasteiger partial charge on any atom is -0.376 e. The molecule has 180 valence electrons. The Labute approximate surface area is 205 Å². The number of pyridine rings is 1. The summed E-state index contributed by atoms with van der Waals surface area (Å²) >= 11 is 0. The molecule has 35 heavy (non-hydrogen) atoms. The maximum absolute atomic E-state index is 13.3. The first kappa shape index (κ1) is 22.2. The Hall–Kier alpha value is -3.25. The van der Waals surface area contributed by atoms with E-state index in [9.17, 15) is 4.79 Å². The van der Waals surface area contributed by atoms with E-state index in [0.717, 1.165) is 61.3 Å². The lowest BCUT2D eigenvalue weighted by Crippen LogP contribution is -2.46. The third-order valence-electron chi connectivity index (χ3n) is 7.67. The summed E-state index contributed by atoms with van der Waals surface area (Å²) in [6.45, 7) is 6.38. The van der Waals surface area contributed by atoms with Crippen molar-refractivity contribution in [2.45, 2.75) is 51.2 Å². The van der Waals surface area contributed by atoms with Crippen molar-refractivity contribution in [3.8, 4) is 11.4 Å². The number of hydrogen-bond donors (Lipinski definition) is 0. The Bertz CT molecular complexity index is 1380. The Kier molecular flexibility index (Phi) is 5.56. The molecule has 0 N–H and O–H groups in total. The number of aromatic nitrogens is 3. The molecule has 1 atom stereocenters. The summed E-state index contributed by atoms with van der Waals surface area (Å²) in [5.41, 5.74) is 2.75. The quantitative estimate of drug-likeness (QED) is 0.392. The lowest BCUT2D eigenvalue weighted by molar-refractivity contribution is -0.146.